The van der Waals surface area contributed by atoms with Crippen molar-refractivity contribution in [2.24, 2.45) is 0 Å². The Kier molecular flexibility index (Phi) is 7.00. The van der Waals surface area contributed by atoms with Crippen molar-refractivity contribution in [3.8, 4) is 11.5 Å². The third kappa shape index (κ3) is 5.13. The molecule has 6 nitrogen and oxygen atoms in total. The van der Waals surface area contributed by atoms with Gasteiger partial charge >= 0.3 is 0 Å². The molecule has 1 amide bonds. The first-order valence-corrected chi connectivity index (χ1v) is 11.5. The van der Waals surface area contributed by atoms with Gasteiger partial charge in [-0.25, -0.2) is 0 Å². The molecule has 0 N–H and O–H groups in total. The number of hydrogen-bond donors (Lipinski definition) is 0. The summed E-state index contributed by atoms with van der Waals surface area (Å²) < 4.78 is 11.7. The van der Waals surface area contributed by atoms with E-state index in [2.05, 4.69) is 0 Å². The maximum atomic E-state index is 13.0. The molecule has 1 saturated heterocycles. The lowest BCUT2D eigenvalue weighted by molar-refractivity contribution is -0.255. The molecule has 0 unspecified atom stereocenters. The van der Waals surface area contributed by atoms with Gasteiger partial charge < -0.3 is 19.4 Å². The van der Waals surface area contributed by atoms with Gasteiger partial charge in [-0.1, -0.05) is 72.0 Å². The van der Waals surface area contributed by atoms with Gasteiger partial charge in [-0.15, -0.1) is 0 Å². The number of aryl methyl sites for hydroxylation is 1. The van der Waals surface area contributed by atoms with Gasteiger partial charge in [0.25, 0.3) is 5.91 Å². The zero-order valence-electron chi connectivity index (χ0n) is 18.4. The van der Waals surface area contributed by atoms with Gasteiger partial charge in [0.2, 0.25) is 0 Å². The summed E-state index contributed by atoms with van der Waals surface area (Å²) in [6.07, 6.45) is 1.72. The number of rotatable bonds is 7. The van der Waals surface area contributed by atoms with E-state index < -0.39 is 5.97 Å². The highest BCUT2D eigenvalue weighted by atomic mass is 32.2. The van der Waals surface area contributed by atoms with Crippen LogP contribution < -0.4 is 19.5 Å². The van der Waals surface area contributed by atoms with Crippen LogP contribution in [0.4, 0.5) is 5.69 Å². The summed E-state index contributed by atoms with van der Waals surface area (Å²) in [6, 6.07) is 19.4. The van der Waals surface area contributed by atoms with Crippen LogP contribution in [0.2, 0.25) is 0 Å². The summed E-state index contributed by atoms with van der Waals surface area (Å²) in [7, 11) is 1.56. The minimum absolute atomic E-state index is 0.0264. The molecule has 1 fully saturated rings. The van der Waals surface area contributed by atoms with E-state index in [9.17, 15) is 14.7 Å². The van der Waals surface area contributed by atoms with Crippen molar-refractivity contribution in [3.05, 3.63) is 93.9 Å². The van der Waals surface area contributed by atoms with E-state index in [0.29, 0.717) is 33.0 Å². The Hall–Kier alpha value is -3.62. The highest BCUT2D eigenvalue weighted by molar-refractivity contribution is 8.27. The highest BCUT2D eigenvalue weighted by Gasteiger charge is 2.33. The minimum atomic E-state index is -1.32. The van der Waals surface area contributed by atoms with Gasteiger partial charge in [-0.2, -0.15) is 0 Å². The van der Waals surface area contributed by atoms with E-state index in [1.165, 1.54) is 22.6 Å². The van der Waals surface area contributed by atoms with E-state index in [1.807, 2.05) is 37.3 Å². The number of nitrogens with zero attached hydrogens (tertiary/aromatic N) is 1. The Morgan fingerprint density at radius 1 is 1.09 bits per heavy atom. The van der Waals surface area contributed by atoms with E-state index >= 15 is 0 Å². The minimum Gasteiger partial charge on any atom is -0.545 e. The number of carbonyl (C=O) groups excluding carboxylic acids is 2. The van der Waals surface area contributed by atoms with Gasteiger partial charge in [0, 0.05) is 0 Å². The molecule has 172 valence electrons. The second kappa shape index (κ2) is 10.1. The van der Waals surface area contributed by atoms with Gasteiger partial charge in [0.15, 0.2) is 15.8 Å². The molecule has 34 heavy (non-hydrogen) atoms. The maximum Gasteiger partial charge on any atom is 0.270 e. The number of anilines is 1. The largest absolute Gasteiger partial charge is 0.545 e. The summed E-state index contributed by atoms with van der Waals surface area (Å²) in [6.45, 7) is 2.43. The molecule has 1 heterocycles. The molecule has 1 aliphatic rings. The van der Waals surface area contributed by atoms with Crippen LogP contribution in [0, 0.1) is 6.92 Å². The number of carbonyl (C=O) groups is 2. The van der Waals surface area contributed by atoms with Crippen molar-refractivity contribution in [1.82, 2.24) is 0 Å². The second-order valence-electron chi connectivity index (χ2n) is 7.54. The van der Waals surface area contributed by atoms with Crippen LogP contribution in [0.15, 0.2) is 71.6 Å². The number of hydrogen-bond acceptors (Lipinski definition) is 7. The molecule has 0 bridgehead atoms. The van der Waals surface area contributed by atoms with Crippen molar-refractivity contribution in [3.63, 3.8) is 0 Å². The average Bonchev–Trinajstić information content (AvgIpc) is 3.11. The average molecular weight is 491 g/mol. The van der Waals surface area contributed by atoms with Crippen LogP contribution in [0.5, 0.6) is 11.5 Å². The number of ether oxygens (including phenoxy) is 2. The summed E-state index contributed by atoms with van der Waals surface area (Å²) >= 11 is 6.53. The Morgan fingerprint density at radius 2 is 1.85 bits per heavy atom. The lowest BCUT2D eigenvalue weighted by Crippen LogP contribution is -2.28. The van der Waals surface area contributed by atoms with E-state index in [-0.39, 0.29) is 11.5 Å². The van der Waals surface area contributed by atoms with Crippen LogP contribution in [0.25, 0.3) is 6.08 Å². The summed E-state index contributed by atoms with van der Waals surface area (Å²) in [5.74, 6) is -0.520. The summed E-state index contributed by atoms with van der Waals surface area (Å²) in [4.78, 5) is 25.9. The second-order valence-corrected chi connectivity index (χ2v) is 9.22. The predicted octanol–water partition coefficient (Wildman–Crippen LogP) is 4.35. The van der Waals surface area contributed by atoms with Crippen molar-refractivity contribution in [2.45, 2.75) is 13.5 Å². The summed E-state index contributed by atoms with van der Waals surface area (Å²) in [5.41, 5.74) is 3.32. The third-order valence-corrected chi connectivity index (χ3v) is 6.44. The molecule has 0 atom stereocenters. The molecular formula is C26H20NO5S2-. The number of amides is 1. The van der Waals surface area contributed by atoms with Gasteiger partial charge in [0.1, 0.15) is 6.61 Å². The maximum absolute atomic E-state index is 13.0. The summed E-state index contributed by atoms with van der Waals surface area (Å²) in [5, 5.41) is 11.2. The molecule has 4 rings (SSSR count). The zero-order chi connectivity index (χ0) is 24.2. The number of thioether (sulfide) groups is 1. The Labute approximate surface area is 206 Å². The number of carboxylic acid groups (broad SMARTS) is 1. The molecule has 0 saturated carbocycles. The van der Waals surface area contributed by atoms with Gasteiger partial charge in [0.05, 0.1) is 23.7 Å². The number of benzene rings is 3. The predicted molar refractivity (Wildman–Crippen MR) is 135 cm³/mol. The fourth-order valence-electron chi connectivity index (χ4n) is 3.35. The van der Waals surface area contributed by atoms with E-state index in [1.54, 1.807) is 37.5 Å². The van der Waals surface area contributed by atoms with E-state index in [0.717, 1.165) is 22.9 Å². The molecule has 0 aliphatic carbocycles. The van der Waals surface area contributed by atoms with Crippen molar-refractivity contribution in [2.75, 3.05) is 12.0 Å². The van der Waals surface area contributed by atoms with Gasteiger partial charge in [-0.3, -0.25) is 9.69 Å². The topological polar surface area (TPSA) is 78.9 Å². The van der Waals surface area contributed by atoms with Crippen molar-refractivity contribution in [1.29, 1.82) is 0 Å². The molecule has 0 radical (unpaired) electrons. The Morgan fingerprint density at radius 3 is 2.56 bits per heavy atom. The smallest absolute Gasteiger partial charge is 0.270 e. The SMILES string of the molecule is COc1cc(C=C2SC(=S)N(c3cccc(C(=O)[O-])c3)C2=O)ccc1OCc1ccc(C)cc1. The van der Waals surface area contributed by atoms with Crippen molar-refractivity contribution >= 4 is 51.9 Å². The van der Waals surface area contributed by atoms with Crippen LogP contribution in [0.1, 0.15) is 27.0 Å². The Balaban J connectivity index is 1.53. The van der Waals surface area contributed by atoms with Crippen LogP contribution in [-0.2, 0) is 11.4 Å². The number of thiocarbonyl (C=S) groups is 1. The first-order chi connectivity index (χ1) is 16.4. The molecule has 0 aromatic heterocycles. The van der Waals surface area contributed by atoms with Crippen LogP contribution in [0.3, 0.4) is 0 Å². The van der Waals surface area contributed by atoms with E-state index in [4.69, 9.17) is 21.7 Å². The quantitative estimate of drug-likeness (QED) is 0.360. The molecule has 3 aromatic carbocycles. The molecule has 1 aliphatic heterocycles. The Bertz CT molecular complexity index is 1300. The molecular weight excluding hydrogens is 470 g/mol. The van der Waals surface area contributed by atoms with Crippen LogP contribution >= 0.6 is 24.0 Å². The molecule has 8 heteroatoms. The standard InChI is InChI=1S/C26H21NO5S2/c1-16-6-8-17(9-7-16)15-32-21-11-10-18(12-22(21)31-2)13-23-24(28)27(26(33)34-23)20-5-3-4-19(14-20)25(29)30/h3-14H,15H2,1-2H3,(H,29,30)/p-1. The molecule has 0 spiro atoms. The first kappa shape index (κ1) is 23.5. The number of methoxy groups -OCH3 is 1. The highest BCUT2D eigenvalue weighted by Crippen LogP contribution is 2.37. The van der Waals surface area contributed by atoms with Gasteiger partial charge in [-0.05, 0) is 54.0 Å². The monoisotopic (exact) mass is 490 g/mol. The zero-order valence-corrected chi connectivity index (χ0v) is 20.1. The first-order valence-electron chi connectivity index (χ1n) is 10.3. The van der Waals surface area contributed by atoms with Crippen LogP contribution in [-0.4, -0.2) is 23.3 Å². The fourth-order valence-corrected chi connectivity index (χ4v) is 4.65. The fraction of sp³-hybridized carbons (Fsp3) is 0.115. The number of carboxylic acids is 1. The normalized spacial score (nSPS) is 14.5. The van der Waals surface area contributed by atoms with Crippen molar-refractivity contribution < 1.29 is 24.2 Å². The third-order valence-electron chi connectivity index (χ3n) is 5.13. The number of aromatic carboxylic acids is 1. The lowest BCUT2D eigenvalue weighted by Gasteiger charge is -2.16. The lowest BCUT2D eigenvalue weighted by atomic mass is 10.1. The molecule has 3 aromatic rings.